The lowest BCUT2D eigenvalue weighted by Crippen LogP contribution is -2.21. The van der Waals surface area contributed by atoms with Gasteiger partial charge >= 0.3 is 0 Å². The predicted molar refractivity (Wildman–Crippen MR) is 82.9 cm³/mol. The molecule has 0 spiro atoms. The molecule has 0 bridgehead atoms. The van der Waals surface area contributed by atoms with Crippen molar-refractivity contribution >= 4 is 17.4 Å². The van der Waals surface area contributed by atoms with E-state index in [2.05, 4.69) is 15.6 Å². The largest absolute Gasteiger partial charge is 0.497 e. The Balaban J connectivity index is 2.15. The van der Waals surface area contributed by atoms with Crippen molar-refractivity contribution < 1.29 is 19.1 Å². The number of hydrogen-bond donors (Lipinski definition) is 1. The zero-order valence-electron chi connectivity index (χ0n) is 13.4. The third kappa shape index (κ3) is 3.65. The Morgan fingerprint density at radius 1 is 1.26 bits per heavy atom. The van der Waals surface area contributed by atoms with Crippen LogP contribution in [0.15, 0.2) is 18.2 Å². The summed E-state index contributed by atoms with van der Waals surface area (Å²) in [6, 6.07) is 5.09. The number of rotatable bonds is 6. The van der Waals surface area contributed by atoms with E-state index in [-0.39, 0.29) is 23.9 Å². The summed E-state index contributed by atoms with van der Waals surface area (Å²) in [5.74, 6) is 0.596. The molecule has 1 N–H and O–H groups in total. The summed E-state index contributed by atoms with van der Waals surface area (Å²) >= 11 is 0. The van der Waals surface area contributed by atoms with Crippen molar-refractivity contribution in [3.8, 4) is 11.5 Å². The van der Waals surface area contributed by atoms with Gasteiger partial charge in [-0.3, -0.25) is 9.59 Å². The number of methoxy groups -OCH3 is 2. The first-order valence-corrected chi connectivity index (χ1v) is 6.89. The van der Waals surface area contributed by atoms with Gasteiger partial charge in [0.1, 0.15) is 18.0 Å². The fourth-order valence-corrected chi connectivity index (χ4v) is 2.07. The first-order valence-electron chi connectivity index (χ1n) is 6.89. The van der Waals surface area contributed by atoms with E-state index >= 15 is 0 Å². The first kappa shape index (κ1) is 16.5. The number of carbonyl (C=O) groups is 2. The number of hydrogen-bond acceptors (Lipinski definition) is 6. The second-order valence-electron chi connectivity index (χ2n) is 4.85. The van der Waals surface area contributed by atoms with Gasteiger partial charge in [-0.05, 0) is 19.1 Å². The van der Waals surface area contributed by atoms with E-state index in [0.717, 1.165) is 0 Å². The van der Waals surface area contributed by atoms with Crippen molar-refractivity contribution in [3.63, 3.8) is 0 Å². The smallest absolute Gasteiger partial charge is 0.246 e. The topological polar surface area (TPSA) is 95.3 Å². The average Bonchev–Trinajstić information content (AvgIpc) is 2.88. The van der Waals surface area contributed by atoms with Crippen molar-refractivity contribution in [3.05, 3.63) is 29.6 Å². The van der Waals surface area contributed by atoms with Crippen LogP contribution >= 0.6 is 0 Å². The molecule has 8 heteroatoms. The quantitative estimate of drug-likeness (QED) is 0.810. The average molecular weight is 318 g/mol. The molecule has 0 saturated heterocycles. The Morgan fingerprint density at radius 2 is 2.00 bits per heavy atom. The second kappa shape index (κ2) is 6.91. The third-order valence-corrected chi connectivity index (χ3v) is 3.29. The molecule has 8 nitrogen and oxygen atoms in total. The molecule has 1 heterocycles. The summed E-state index contributed by atoms with van der Waals surface area (Å²) in [7, 11) is 3.05. The number of aromatic nitrogens is 3. The monoisotopic (exact) mass is 318 g/mol. The Labute approximate surface area is 133 Å². The van der Waals surface area contributed by atoms with Gasteiger partial charge in [-0.1, -0.05) is 5.21 Å². The van der Waals surface area contributed by atoms with E-state index in [1.807, 2.05) is 0 Å². The zero-order chi connectivity index (χ0) is 17.0. The predicted octanol–water partition coefficient (Wildman–Crippen LogP) is 1.45. The Kier molecular flexibility index (Phi) is 4.95. The number of ketones is 1. The van der Waals surface area contributed by atoms with Crippen LogP contribution in [0.1, 0.15) is 23.1 Å². The molecule has 122 valence electrons. The number of Topliss-reactive ketones (excluding diaryl/α,β-unsaturated/α-hetero) is 1. The third-order valence-electron chi connectivity index (χ3n) is 3.29. The lowest BCUT2D eigenvalue weighted by atomic mass is 10.2. The molecule has 0 atom stereocenters. The normalized spacial score (nSPS) is 10.3. The molecule has 2 rings (SSSR count). The number of nitrogens with one attached hydrogen (secondary N) is 1. The number of amides is 1. The zero-order valence-corrected chi connectivity index (χ0v) is 13.4. The van der Waals surface area contributed by atoms with Crippen LogP contribution in [0.25, 0.3) is 0 Å². The Hall–Kier alpha value is -2.90. The minimum Gasteiger partial charge on any atom is -0.497 e. The summed E-state index contributed by atoms with van der Waals surface area (Å²) in [5, 5.41) is 10.3. The number of ether oxygens (including phenoxy) is 2. The van der Waals surface area contributed by atoms with E-state index in [0.29, 0.717) is 22.9 Å². The Bertz CT molecular complexity index is 739. The Morgan fingerprint density at radius 3 is 2.57 bits per heavy atom. The van der Waals surface area contributed by atoms with E-state index < -0.39 is 0 Å². The van der Waals surface area contributed by atoms with Crippen molar-refractivity contribution in [2.75, 3.05) is 19.5 Å². The minimum atomic E-state index is -0.320. The SMILES string of the molecule is COc1ccc(OC)c(NC(=O)Cn2nnc(C(C)=O)c2C)c1. The highest BCUT2D eigenvalue weighted by atomic mass is 16.5. The van der Waals surface area contributed by atoms with Crippen LogP contribution < -0.4 is 14.8 Å². The molecule has 23 heavy (non-hydrogen) atoms. The van der Waals surface area contributed by atoms with Gasteiger partial charge in [0.2, 0.25) is 5.91 Å². The number of carbonyl (C=O) groups excluding carboxylic acids is 2. The maximum absolute atomic E-state index is 12.2. The maximum Gasteiger partial charge on any atom is 0.246 e. The molecule has 0 aliphatic heterocycles. The fraction of sp³-hybridized carbons (Fsp3) is 0.333. The van der Waals surface area contributed by atoms with Crippen LogP contribution in [-0.2, 0) is 11.3 Å². The minimum absolute atomic E-state index is 0.0630. The highest BCUT2D eigenvalue weighted by Crippen LogP contribution is 2.28. The molecule has 0 saturated carbocycles. The van der Waals surface area contributed by atoms with Gasteiger partial charge in [0.15, 0.2) is 11.5 Å². The molecule has 1 aromatic heterocycles. The summed E-state index contributed by atoms with van der Waals surface area (Å²) in [5.41, 5.74) is 1.29. The van der Waals surface area contributed by atoms with Crippen LogP contribution in [-0.4, -0.2) is 40.9 Å². The summed E-state index contributed by atoms with van der Waals surface area (Å²) in [6.07, 6.45) is 0. The molecule has 1 aromatic carbocycles. The van der Waals surface area contributed by atoms with Gasteiger partial charge in [-0.25, -0.2) is 4.68 Å². The molecular formula is C15H18N4O4. The van der Waals surface area contributed by atoms with Crippen LogP contribution in [0.3, 0.4) is 0 Å². The van der Waals surface area contributed by atoms with Crippen molar-refractivity contribution in [2.24, 2.45) is 0 Å². The number of benzene rings is 1. The van der Waals surface area contributed by atoms with E-state index in [9.17, 15) is 9.59 Å². The molecule has 0 aliphatic rings. The van der Waals surface area contributed by atoms with Gasteiger partial charge in [0, 0.05) is 13.0 Å². The van der Waals surface area contributed by atoms with E-state index in [1.165, 1.54) is 25.8 Å². The standard InChI is InChI=1S/C15H18N4O4/c1-9-15(10(2)20)17-18-19(9)8-14(21)16-12-7-11(22-3)5-6-13(12)23-4/h5-7H,8H2,1-4H3,(H,16,21). The van der Waals surface area contributed by atoms with E-state index in [1.54, 1.807) is 25.1 Å². The molecule has 0 unspecified atom stereocenters. The highest BCUT2D eigenvalue weighted by molar-refractivity contribution is 5.94. The molecule has 0 fully saturated rings. The number of nitrogens with zero attached hydrogens (tertiary/aromatic N) is 3. The molecular weight excluding hydrogens is 300 g/mol. The van der Waals surface area contributed by atoms with Crippen LogP contribution in [0.5, 0.6) is 11.5 Å². The lowest BCUT2D eigenvalue weighted by molar-refractivity contribution is -0.117. The summed E-state index contributed by atoms with van der Waals surface area (Å²) in [4.78, 5) is 23.6. The highest BCUT2D eigenvalue weighted by Gasteiger charge is 2.15. The van der Waals surface area contributed by atoms with Crippen LogP contribution in [0, 0.1) is 6.92 Å². The van der Waals surface area contributed by atoms with E-state index in [4.69, 9.17) is 9.47 Å². The summed E-state index contributed by atoms with van der Waals surface area (Å²) < 4.78 is 11.7. The molecule has 0 radical (unpaired) electrons. The van der Waals surface area contributed by atoms with Crippen molar-refractivity contribution in [2.45, 2.75) is 20.4 Å². The van der Waals surface area contributed by atoms with Crippen LogP contribution in [0.4, 0.5) is 5.69 Å². The molecule has 0 aliphatic carbocycles. The summed E-state index contributed by atoms with van der Waals surface area (Å²) in [6.45, 7) is 3.03. The first-order chi connectivity index (χ1) is 11.0. The van der Waals surface area contributed by atoms with Crippen molar-refractivity contribution in [1.82, 2.24) is 15.0 Å². The second-order valence-corrected chi connectivity index (χ2v) is 4.85. The molecule has 1 amide bonds. The number of anilines is 1. The van der Waals surface area contributed by atoms with Crippen LogP contribution in [0.2, 0.25) is 0 Å². The maximum atomic E-state index is 12.2. The fourth-order valence-electron chi connectivity index (χ4n) is 2.07. The van der Waals surface area contributed by atoms with Gasteiger partial charge in [-0.15, -0.1) is 5.10 Å². The van der Waals surface area contributed by atoms with Crippen molar-refractivity contribution in [1.29, 1.82) is 0 Å². The van der Waals surface area contributed by atoms with Gasteiger partial charge in [0.25, 0.3) is 0 Å². The molecule has 2 aromatic rings. The van der Waals surface area contributed by atoms with Gasteiger partial charge in [0.05, 0.1) is 25.6 Å². The lowest BCUT2D eigenvalue weighted by Gasteiger charge is -2.12. The van der Waals surface area contributed by atoms with Gasteiger partial charge in [-0.2, -0.15) is 0 Å². The van der Waals surface area contributed by atoms with Gasteiger partial charge < -0.3 is 14.8 Å².